The molecule has 1 atom stereocenters. The lowest BCUT2D eigenvalue weighted by Gasteiger charge is -2.18. The molecule has 1 amide bonds. The van der Waals surface area contributed by atoms with Crippen LogP contribution in [-0.2, 0) is 9.59 Å². The molecule has 0 saturated heterocycles. The molecule has 1 aliphatic carbocycles. The number of nitrogens with zero attached hydrogens (tertiary/aromatic N) is 1. The average Bonchev–Trinajstić information content (AvgIpc) is 3.17. The minimum absolute atomic E-state index is 0.0182. The van der Waals surface area contributed by atoms with Crippen LogP contribution in [0.2, 0.25) is 0 Å². The van der Waals surface area contributed by atoms with E-state index < -0.39 is 5.97 Å². The van der Waals surface area contributed by atoms with Gasteiger partial charge in [0.2, 0.25) is 5.91 Å². The number of aromatic nitrogens is 1. The zero-order valence-corrected chi connectivity index (χ0v) is 10.9. The van der Waals surface area contributed by atoms with E-state index in [-0.39, 0.29) is 24.8 Å². The monoisotopic (exact) mass is 262 g/mol. The third-order valence-corrected chi connectivity index (χ3v) is 3.20. The number of carboxylic acids is 1. The Balaban J connectivity index is 2.00. The molecule has 0 spiro atoms. The first-order valence-electron chi connectivity index (χ1n) is 6.51. The SMILES string of the molecule is Cc1cccc(C(NC(=O)CCC(=O)O)C2CC2)n1. The summed E-state index contributed by atoms with van der Waals surface area (Å²) >= 11 is 0. The molecule has 102 valence electrons. The zero-order valence-electron chi connectivity index (χ0n) is 10.9. The summed E-state index contributed by atoms with van der Waals surface area (Å²) in [5.74, 6) is -0.738. The van der Waals surface area contributed by atoms with Crippen LogP contribution in [0.1, 0.15) is 43.1 Å². The second-order valence-electron chi connectivity index (χ2n) is 4.98. The van der Waals surface area contributed by atoms with Crippen molar-refractivity contribution >= 4 is 11.9 Å². The molecule has 1 saturated carbocycles. The molecule has 5 nitrogen and oxygen atoms in total. The molecule has 0 bridgehead atoms. The Morgan fingerprint density at radius 3 is 2.74 bits per heavy atom. The van der Waals surface area contributed by atoms with Gasteiger partial charge in [0.05, 0.1) is 18.2 Å². The van der Waals surface area contributed by atoms with Gasteiger partial charge in [-0.2, -0.15) is 0 Å². The second-order valence-corrected chi connectivity index (χ2v) is 4.98. The minimum Gasteiger partial charge on any atom is -0.481 e. The summed E-state index contributed by atoms with van der Waals surface area (Å²) in [6, 6.07) is 5.67. The van der Waals surface area contributed by atoms with E-state index in [0.29, 0.717) is 5.92 Å². The van der Waals surface area contributed by atoms with Crippen LogP contribution in [0.4, 0.5) is 0 Å². The van der Waals surface area contributed by atoms with Gasteiger partial charge in [-0.15, -0.1) is 0 Å². The fraction of sp³-hybridized carbons (Fsp3) is 0.500. The molecule has 1 fully saturated rings. The van der Waals surface area contributed by atoms with Crippen LogP contribution < -0.4 is 5.32 Å². The summed E-state index contributed by atoms with van der Waals surface area (Å²) in [6.07, 6.45) is 2.05. The standard InChI is InChI=1S/C14H18N2O3/c1-9-3-2-4-11(15-9)14(10-5-6-10)16-12(17)7-8-13(18)19/h2-4,10,14H,5-8H2,1H3,(H,16,17)(H,18,19). The van der Waals surface area contributed by atoms with Gasteiger partial charge in [-0.1, -0.05) is 6.07 Å². The number of carbonyl (C=O) groups is 2. The van der Waals surface area contributed by atoms with E-state index in [1.807, 2.05) is 25.1 Å². The van der Waals surface area contributed by atoms with Gasteiger partial charge in [0.25, 0.3) is 0 Å². The largest absolute Gasteiger partial charge is 0.481 e. The maximum Gasteiger partial charge on any atom is 0.303 e. The van der Waals surface area contributed by atoms with Crippen LogP contribution in [-0.4, -0.2) is 22.0 Å². The zero-order chi connectivity index (χ0) is 13.8. The smallest absolute Gasteiger partial charge is 0.303 e. The topological polar surface area (TPSA) is 79.3 Å². The fourth-order valence-corrected chi connectivity index (χ4v) is 2.07. The van der Waals surface area contributed by atoms with Crippen LogP contribution in [0.25, 0.3) is 0 Å². The van der Waals surface area contributed by atoms with Crippen LogP contribution in [0.3, 0.4) is 0 Å². The number of pyridine rings is 1. The molecule has 19 heavy (non-hydrogen) atoms. The number of aliphatic carboxylic acids is 1. The maximum absolute atomic E-state index is 11.7. The molecule has 1 aliphatic rings. The van der Waals surface area contributed by atoms with E-state index in [0.717, 1.165) is 24.2 Å². The molecule has 1 aromatic heterocycles. The third kappa shape index (κ3) is 4.05. The summed E-state index contributed by atoms with van der Waals surface area (Å²) in [6.45, 7) is 1.92. The first kappa shape index (κ1) is 13.5. The van der Waals surface area contributed by atoms with E-state index in [4.69, 9.17) is 5.11 Å². The number of carbonyl (C=O) groups excluding carboxylic acids is 1. The number of hydrogen-bond acceptors (Lipinski definition) is 3. The van der Waals surface area contributed by atoms with Gasteiger partial charge in [-0.3, -0.25) is 14.6 Å². The van der Waals surface area contributed by atoms with E-state index in [1.54, 1.807) is 0 Å². The highest BCUT2D eigenvalue weighted by molar-refractivity contribution is 5.80. The average molecular weight is 262 g/mol. The van der Waals surface area contributed by atoms with Gasteiger partial charge in [0.15, 0.2) is 0 Å². The van der Waals surface area contributed by atoms with Crippen molar-refractivity contribution in [3.8, 4) is 0 Å². The fourth-order valence-electron chi connectivity index (χ4n) is 2.07. The first-order valence-corrected chi connectivity index (χ1v) is 6.51. The van der Waals surface area contributed by atoms with Crippen molar-refractivity contribution in [1.29, 1.82) is 0 Å². The maximum atomic E-state index is 11.7. The lowest BCUT2D eigenvalue weighted by atomic mass is 10.1. The predicted octanol–water partition coefficient (Wildman–Crippen LogP) is 1.82. The molecule has 2 rings (SSSR count). The number of carboxylic acid groups (broad SMARTS) is 1. The van der Waals surface area contributed by atoms with E-state index >= 15 is 0 Å². The molecule has 1 heterocycles. The van der Waals surface area contributed by atoms with Crippen molar-refractivity contribution in [2.24, 2.45) is 5.92 Å². The van der Waals surface area contributed by atoms with Crippen molar-refractivity contribution < 1.29 is 14.7 Å². The molecule has 0 aliphatic heterocycles. The van der Waals surface area contributed by atoms with Gasteiger partial charge < -0.3 is 10.4 Å². The van der Waals surface area contributed by atoms with Gasteiger partial charge >= 0.3 is 5.97 Å². The highest BCUT2D eigenvalue weighted by Crippen LogP contribution is 2.40. The predicted molar refractivity (Wildman–Crippen MR) is 69.5 cm³/mol. The summed E-state index contributed by atoms with van der Waals surface area (Å²) in [5, 5.41) is 11.5. The summed E-state index contributed by atoms with van der Waals surface area (Å²) < 4.78 is 0. The Labute approximate surface area is 112 Å². The molecule has 1 unspecified atom stereocenters. The Morgan fingerprint density at radius 2 is 2.16 bits per heavy atom. The molecule has 0 aromatic carbocycles. The van der Waals surface area contributed by atoms with Crippen LogP contribution in [0.15, 0.2) is 18.2 Å². The van der Waals surface area contributed by atoms with Gasteiger partial charge in [0, 0.05) is 12.1 Å². The van der Waals surface area contributed by atoms with E-state index in [2.05, 4.69) is 10.3 Å². The van der Waals surface area contributed by atoms with Gasteiger partial charge in [0.1, 0.15) is 0 Å². The van der Waals surface area contributed by atoms with Gasteiger partial charge in [-0.25, -0.2) is 0 Å². The number of rotatable bonds is 6. The van der Waals surface area contributed by atoms with Crippen molar-refractivity contribution in [2.75, 3.05) is 0 Å². The van der Waals surface area contributed by atoms with Crippen molar-refractivity contribution in [1.82, 2.24) is 10.3 Å². The Morgan fingerprint density at radius 1 is 1.42 bits per heavy atom. The lowest BCUT2D eigenvalue weighted by Crippen LogP contribution is -2.30. The van der Waals surface area contributed by atoms with Gasteiger partial charge in [-0.05, 0) is 37.8 Å². The molecular formula is C14H18N2O3. The number of hydrogen-bond donors (Lipinski definition) is 2. The molecular weight excluding hydrogens is 244 g/mol. The number of nitrogens with one attached hydrogen (secondary N) is 1. The Bertz CT molecular complexity index is 483. The molecule has 2 N–H and O–H groups in total. The van der Waals surface area contributed by atoms with Crippen LogP contribution in [0.5, 0.6) is 0 Å². The minimum atomic E-state index is -0.952. The highest BCUT2D eigenvalue weighted by atomic mass is 16.4. The quantitative estimate of drug-likeness (QED) is 0.819. The normalized spacial score (nSPS) is 15.8. The lowest BCUT2D eigenvalue weighted by molar-refractivity contribution is -0.139. The summed E-state index contributed by atoms with van der Waals surface area (Å²) in [7, 11) is 0. The first-order chi connectivity index (χ1) is 9.06. The molecule has 0 radical (unpaired) electrons. The number of aryl methyl sites for hydroxylation is 1. The third-order valence-electron chi connectivity index (χ3n) is 3.20. The Hall–Kier alpha value is -1.91. The summed E-state index contributed by atoms with van der Waals surface area (Å²) in [5.41, 5.74) is 1.79. The van der Waals surface area contributed by atoms with Crippen molar-refractivity contribution in [3.05, 3.63) is 29.6 Å². The van der Waals surface area contributed by atoms with Crippen molar-refractivity contribution in [2.45, 2.75) is 38.6 Å². The second kappa shape index (κ2) is 5.82. The Kier molecular flexibility index (Phi) is 4.14. The van der Waals surface area contributed by atoms with Crippen molar-refractivity contribution in [3.63, 3.8) is 0 Å². The van der Waals surface area contributed by atoms with Crippen LogP contribution >= 0.6 is 0 Å². The molecule has 5 heteroatoms. The number of amides is 1. The van der Waals surface area contributed by atoms with E-state index in [1.165, 1.54) is 0 Å². The highest BCUT2D eigenvalue weighted by Gasteiger charge is 2.34. The molecule has 1 aromatic rings. The summed E-state index contributed by atoms with van der Waals surface area (Å²) in [4.78, 5) is 26.7. The van der Waals surface area contributed by atoms with Crippen LogP contribution in [0, 0.1) is 12.8 Å². The van der Waals surface area contributed by atoms with E-state index in [9.17, 15) is 9.59 Å².